The molecule has 0 aliphatic carbocycles. The highest BCUT2D eigenvalue weighted by atomic mass is 32.1. The van der Waals surface area contributed by atoms with Crippen LogP contribution >= 0.6 is 11.3 Å². The van der Waals surface area contributed by atoms with Crippen LogP contribution in [0, 0.1) is 13.8 Å². The molecule has 0 aliphatic rings. The van der Waals surface area contributed by atoms with E-state index in [4.69, 9.17) is 9.72 Å². The summed E-state index contributed by atoms with van der Waals surface area (Å²) < 4.78 is 4.98. The van der Waals surface area contributed by atoms with Gasteiger partial charge in [-0.25, -0.2) is 9.78 Å². The molecule has 0 saturated carbocycles. The van der Waals surface area contributed by atoms with Crippen molar-refractivity contribution >= 4 is 39.1 Å². The zero-order valence-corrected chi connectivity index (χ0v) is 19.3. The summed E-state index contributed by atoms with van der Waals surface area (Å²) in [5.74, 6) is -0.729. The SMILES string of the molecule is CCc1c(C)sc(NC(=O)c2cc(-c3ccc(C)cc3)nc3ccccc23)c1C(=O)OC. The summed E-state index contributed by atoms with van der Waals surface area (Å²) in [5.41, 5.74) is 5.39. The molecular weight excluding hydrogens is 420 g/mol. The Morgan fingerprint density at radius 1 is 1.06 bits per heavy atom. The zero-order chi connectivity index (χ0) is 22.8. The number of methoxy groups -OCH3 is 1. The van der Waals surface area contributed by atoms with Crippen LogP contribution in [0.2, 0.25) is 0 Å². The largest absolute Gasteiger partial charge is 0.465 e. The van der Waals surface area contributed by atoms with Crippen molar-refractivity contribution in [3.05, 3.63) is 81.7 Å². The van der Waals surface area contributed by atoms with Gasteiger partial charge in [-0.1, -0.05) is 55.0 Å². The van der Waals surface area contributed by atoms with E-state index in [1.165, 1.54) is 18.4 Å². The number of nitrogens with one attached hydrogen (secondary N) is 1. The Kier molecular flexibility index (Phi) is 6.06. The highest BCUT2D eigenvalue weighted by Crippen LogP contribution is 2.35. The minimum Gasteiger partial charge on any atom is -0.465 e. The Morgan fingerprint density at radius 3 is 2.47 bits per heavy atom. The Morgan fingerprint density at radius 2 is 1.78 bits per heavy atom. The molecule has 0 atom stereocenters. The lowest BCUT2D eigenvalue weighted by Crippen LogP contribution is -2.15. The fourth-order valence-corrected chi connectivity index (χ4v) is 4.94. The van der Waals surface area contributed by atoms with Crippen molar-refractivity contribution in [3.63, 3.8) is 0 Å². The van der Waals surface area contributed by atoms with Crippen molar-refractivity contribution in [1.29, 1.82) is 0 Å². The quantitative estimate of drug-likeness (QED) is 0.373. The third-order valence-electron chi connectivity index (χ3n) is 5.49. The minimum atomic E-state index is -0.443. The van der Waals surface area contributed by atoms with E-state index in [1.807, 2.05) is 69.3 Å². The number of aromatic nitrogens is 1. The molecule has 0 aliphatic heterocycles. The summed E-state index contributed by atoms with van der Waals surface area (Å²) >= 11 is 1.39. The smallest absolute Gasteiger partial charge is 0.341 e. The Hall–Kier alpha value is -3.51. The Labute approximate surface area is 191 Å². The summed E-state index contributed by atoms with van der Waals surface area (Å²) in [6.45, 7) is 5.96. The number of fused-ring (bicyclic) bond motifs is 1. The van der Waals surface area contributed by atoms with Crippen molar-refractivity contribution in [1.82, 2.24) is 4.98 Å². The molecule has 0 saturated heterocycles. The average molecular weight is 445 g/mol. The van der Waals surface area contributed by atoms with E-state index in [2.05, 4.69) is 5.32 Å². The maximum absolute atomic E-state index is 13.5. The van der Waals surface area contributed by atoms with Crippen LogP contribution in [0.25, 0.3) is 22.2 Å². The van der Waals surface area contributed by atoms with Crippen LogP contribution in [0.3, 0.4) is 0 Å². The second kappa shape index (κ2) is 8.93. The van der Waals surface area contributed by atoms with Crippen molar-refractivity contribution in [2.75, 3.05) is 12.4 Å². The average Bonchev–Trinajstić information content (AvgIpc) is 3.12. The molecule has 2 aromatic heterocycles. The molecule has 2 heterocycles. The number of amides is 1. The third-order valence-corrected chi connectivity index (χ3v) is 6.55. The number of esters is 1. The molecule has 0 fully saturated rings. The molecule has 32 heavy (non-hydrogen) atoms. The molecule has 5 nitrogen and oxygen atoms in total. The van der Waals surface area contributed by atoms with Crippen LogP contribution < -0.4 is 5.32 Å². The maximum atomic E-state index is 13.5. The Balaban J connectivity index is 1.81. The topological polar surface area (TPSA) is 68.3 Å². The molecule has 0 bridgehead atoms. The van der Waals surface area contributed by atoms with E-state index in [1.54, 1.807) is 6.07 Å². The van der Waals surface area contributed by atoms with E-state index in [-0.39, 0.29) is 5.91 Å². The van der Waals surface area contributed by atoms with Crippen LogP contribution in [-0.2, 0) is 11.2 Å². The van der Waals surface area contributed by atoms with Gasteiger partial charge in [0, 0.05) is 15.8 Å². The molecule has 0 radical (unpaired) electrons. The summed E-state index contributed by atoms with van der Waals surface area (Å²) in [6, 6.07) is 17.4. The van der Waals surface area contributed by atoms with Gasteiger partial charge in [0.2, 0.25) is 0 Å². The fourth-order valence-electron chi connectivity index (χ4n) is 3.82. The molecule has 1 amide bonds. The van der Waals surface area contributed by atoms with Crippen LogP contribution in [0.4, 0.5) is 5.00 Å². The van der Waals surface area contributed by atoms with Crippen molar-refractivity contribution in [2.45, 2.75) is 27.2 Å². The van der Waals surface area contributed by atoms with Gasteiger partial charge >= 0.3 is 5.97 Å². The lowest BCUT2D eigenvalue weighted by atomic mass is 10.0. The van der Waals surface area contributed by atoms with Gasteiger partial charge in [0.15, 0.2) is 0 Å². The summed E-state index contributed by atoms with van der Waals surface area (Å²) in [5, 5.41) is 4.23. The van der Waals surface area contributed by atoms with E-state index >= 15 is 0 Å². The number of thiophene rings is 1. The Bertz CT molecular complexity index is 1320. The van der Waals surface area contributed by atoms with Gasteiger partial charge < -0.3 is 10.1 Å². The number of para-hydroxylation sites is 1. The molecule has 4 aromatic rings. The first-order chi connectivity index (χ1) is 15.4. The molecule has 1 N–H and O–H groups in total. The fraction of sp³-hybridized carbons (Fsp3) is 0.192. The van der Waals surface area contributed by atoms with Gasteiger partial charge in [-0.3, -0.25) is 4.79 Å². The number of carbonyl (C=O) groups excluding carboxylic acids is 2. The third kappa shape index (κ3) is 4.01. The van der Waals surface area contributed by atoms with Crippen LogP contribution in [0.1, 0.15) is 43.6 Å². The number of ether oxygens (including phenoxy) is 1. The van der Waals surface area contributed by atoms with Gasteiger partial charge in [0.1, 0.15) is 5.00 Å². The highest BCUT2D eigenvalue weighted by molar-refractivity contribution is 7.16. The van der Waals surface area contributed by atoms with Crippen molar-refractivity contribution < 1.29 is 14.3 Å². The zero-order valence-electron chi connectivity index (χ0n) is 18.5. The van der Waals surface area contributed by atoms with Crippen LogP contribution in [0.15, 0.2) is 54.6 Å². The molecule has 4 rings (SSSR count). The van der Waals surface area contributed by atoms with E-state index in [0.717, 1.165) is 38.2 Å². The molecule has 2 aromatic carbocycles. The normalized spacial score (nSPS) is 10.9. The number of benzene rings is 2. The standard InChI is InChI=1S/C26H24N2O3S/c1-5-18-16(3)32-25(23(18)26(30)31-4)28-24(29)20-14-22(17-12-10-15(2)11-13-17)27-21-9-7-6-8-19(20)21/h6-14H,5H2,1-4H3,(H,28,29). The van der Waals surface area contributed by atoms with Crippen LogP contribution in [-0.4, -0.2) is 24.0 Å². The summed E-state index contributed by atoms with van der Waals surface area (Å²) in [4.78, 5) is 31.7. The predicted octanol–water partition coefficient (Wildman–Crippen LogP) is 6.18. The van der Waals surface area contributed by atoms with E-state index in [0.29, 0.717) is 22.5 Å². The predicted molar refractivity (Wildman–Crippen MR) is 130 cm³/mol. The monoisotopic (exact) mass is 444 g/mol. The van der Waals surface area contributed by atoms with Gasteiger partial charge in [0.25, 0.3) is 5.91 Å². The van der Waals surface area contributed by atoms with Gasteiger partial charge in [-0.2, -0.15) is 0 Å². The first-order valence-electron chi connectivity index (χ1n) is 10.4. The van der Waals surface area contributed by atoms with E-state index in [9.17, 15) is 9.59 Å². The summed E-state index contributed by atoms with van der Waals surface area (Å²) in [6.07, 6.45) is 0.679. The molecular formula is C26H24N2O3S. The van der Waals surface area contributed by atoms with Gasteiger partial charge in [-0.05, 0) is 38.0 Å². The van der Waals surface area contributed by atoms with Gasteiger partial charge in [-0.15, -0.1) is 11.3 Å². The number of rotatable bonds is 5. The molecule has 0 unspecified atom stereocenters. The number of anilines is 1. The summed E-state index contributed by atoms with van der Waals surface area (Å²) in [7, 11) is 1.35. The second-order valence-corrected chi connectivity index (χ2v) is 8.80. The van der Waals surface area contributed by atoms with Gasteiger partial charge in [0.05, 0.1) is 29.4 Å². The lowest BCUT2D eigenvalue weighted by Gasteiger charge is -2.11. The lowest BCUT2D eigenvalue weighted by molar-refractivity contribution is 0.0601. The minimum absolute atomic E-state index is 0.286. The molecule has 162 valence electrons. The second-order valence-electron chi connectivity index (χ2n) is 7.58. The number of pyridine rings is 1. The molecule has 0 spiro atoms. The number of carbonyl (C=O) groups is 2. The molecule has 6 heteroatoms. The van der Waals surface area contributed by atoms with Crippen LogP contribution in [0.5, 0.6) is 0 Å². The van der Waals surface area contributed by atoms with Crippen molar-refractivity contribution in [2.24, 2.45) is 0 Å². The highest BCUT2D eigenvalue weighted by Gasteiger charge is 2.24. The first kappa shape index (κ1) is 21.7. The van der Waals surface area contributed by atoms with E-state index < -0.39 is 5.97 Å². The number of nitrogens with zero attached hydrogens (tertiary/aromatic N) is 1. The first-order valence-corrected chi connectivity index (χ1v) is 11.2. The maximum Gasteiger partial charge on any atom is 0.341 e. The number of aryl methyl sites for hydroxylation is 2. The van der Waals surface area contributed by atoms with Crippen molar-refractivity contribution in [3.8, 4) is 11.3 Å². The number of hydrogen-bond donors (Lipinski definition) is 1. The number of hydrogen-bond acceptors (Lipinski definition) is 5.